The molecule has 0 radical (unpaired) electrons. The summed E-state index contributed by atoms with van der Waals surface area (Å²) >= 11 is 6.01. The molecule has 0 saturated carbocycles. The Morgan fingerprint density at radius 2 is 1.39 bits per heavy atom. The maximum absolute atomic E-state index is 5.62. The van der Waals surface area contributed by atoms with Crippen LogP contribution in [-0.2, 0) is 0 Å². The van der Waals surface area contributed by atoms with Gasteiger partial charge in [0.15, 0.2) is 0 Å². The van der Waals surface area contributed by atoms with Crippen LogP contribution in [0.5, 0.6) is 5.75 Å². The van der Waals surface area contributed by atoms with Crippen LogP contribution in [0, 0.1) is 0 Å². The van der Waals surface area contributed by atoms with Crippen molar-refractivity contribution < 1.29 is 4.74 Å². The molecule has 0 N–H and O–H groups in total. The Labute approximate surface area is 118 Å². The summed E-state index contributed by atoms with van der Waals surface area (Å²) < 4.78 is 5.62. The lowest BCUT2D eigenvalue weighted by molar-refractivity contribution is 0.242. The monoisotopic (exact) mass is 276 g/mol. The lowest BCUT2D eigenvalue weighted by atomic mass is 10.3. The molecule has 0 amide bonds. The van der Waals surface area contributed by atoms with Crippen LogP contribution >= 0.6 is 24.4 Å². The summed E-state index contributed by atoms with van der Waals surface area (Å²) in [6.45, 7) is 4.06. The van der Waals surface area contributed by atoms with E-state index in [9.17, 15) is 0 Å². The number of rotatable bonds is 4. The van der Waals surface area contributed by atoms with Crippen molar-refractivity contribution in [1.82, 2.24) is 0 Å². The fourth-order valence-corrected chi connectivity index (χ4v) is 2.47. The molecule has 94 valence electrons. The number of hydrogen-bond acceptors (Lipinski definition) is 3. The highest BCUT2D eigenvalue weighted by Crippen LogP contribution is 2.29. The molecule has 0 fully saturated rings. The van der Waals surface area contributed by atoms with Crippen molar-refractivity contribution in [3.63, 3.8) is 0 Å². The van der Waals surface area contributed by atoms with Gasteiger partial charge in [0.25, 0.3) is 0 Å². The third-order valence-corrected chi connectivity index (χ3v) is 3.58. The van der Waals surface area contributed by atoms with Crippen molar-refractivity contribution in [2.24, 2.45) is 0 Å². The lowest BCUT2D eigenvalue weighted by Gasteiger charge is -2.10. The van der Waals surface area contributed by atoms with Crippen molar-refractivity contribution in [1.29, 1.82) is 0 Å². The summed E-state index contributed by atoms with van der Waals surface area (Å²) in [5.41, 5.74) is 0. The zero-order chi connectivity index (χ0) is 13.0. The quantitative estimate of drug-likeness (QED) is 0.794. The van der Waals surface area contributed by atoms with E-state index in [2.05, 4.69) is 36.9 Å². The Morgan fingerprint density at radius 1 is 0.889 bits per heavy atom. The highest BCUT2D eigenvalue weighted by atomic mass is 32.2. The first-order valence-electron chi connectivity index (χ1n) is 5.87. The van der Waals surface area contributed by atoms with E-state index < -0.39 is 0 Å². The maximum Gasteiger partial charge on any atom is 0.119 e. The Kier molecular flexibility index (Phi) is 4.61. The second-order valence-corrected chi connectivity index (χ2v) is 5.90. The minimum absolute atomic E-state index is 0.214. The zero-order valence-electron chi connectivity index (χ0n) is 10.5. The molecule has 18 heavy (non-hydrogen) atoms. The molecule has 0 aromatic heterocycles. The number of ether oxygens (including phenoxy) is 1. The summed E-state index contributed by atoms with van der Waals surface area (Å²) in [7, 11) is 0. The Bertz CT molecular complexity index is 489. The van der Waals surface area contributed by atoms with E-state index >= 15 is 0 Å². The van der Waals surface area contributed by atoms with E-state index in [1.54, 1.807) is 11.8 Å². The normalized spacial score (nSPS) is 10.7. The molecule has 0 aliphatic rings. The van der Waals surface area contributed by atoms with Gasteiger partial charge in [-0.25, -0.2) is 0 Å². The molecule has 1 nitrogen and oxygen atoms in total. The van der Waals surface area contributed by atoms with Gasteiger partial charge in [0.05, 0.1) is 6.10 Å². The number of benzene rings is 2. The molecule has 0 aliphatic heterocycles. The third kappa shape index (κ3) is 4.00. The predicted molar refractivity (Wildman–Crippen MR) is 80.0 cm³/mol. The highest BCUT2D eigenvalue weighted by molar-refractivity contribution is 7.99. The van der Waals surface area contributed by atoms with Crippen molar-refractivity contribution in [2.75, 3.05) is 0 Å². The smallest absolute Gasteiger partial charge is 0.119 e. The van der Waals surface area contributed by atoms with Crippen LogP contribution in [0.1, 0.15) is 13.8 Å². The van der Waals surface area contributed by atoms with Gasteiger partial charge in [-0.1, -0.05) is 11.8 Å². The van der Waals surface area contributed by atoms with Crippen molar-refractivity contribution in [3.8, 4) is 5.75 Å². The van der Waals surface area contributed by atoms with Crippen LogP contribution < -0.4 is 4.74 Å². The van der Waals surface area contributed by atoms with Crippen LogP contribution in [0.2, 0.25) is 0 Å². The Hall–Kier alpha value is -1.06. The first-order chi connectivity index (χ1) is 8.63. The van der Waals surface area contributed by atoms with Gasteiger partial charge in [-0.3, -0.25) is 0 Å². The Morgan fingerprint density at radius 3 is 1.89 bits per heavy atom. The molecule has 0 atom stereocenters. The molecule has 0 heterocycles. The number of thiol groups is 1. The Balaban J connectivity index is 2.04. The van der Waals surface area contributed by atoms with E-state index in [1.807, 2.05) is 38.1 Å². The zero-order valence-corrected chi connectivity index (χ0v) is 12.2. The third-order valence-electron chi connectivity index (χ3n) is 2.27. The molecular formula is C15H16OS2. The number of hydrogen-bond donors (Lipinski definition) is 1. The van der Waals surface area contributed by atoms with Gasteiger partial charge < -0.3 is 4.74 Å². The highest BCUT2D eigenvalue weighted by Gasteiger charge is 2.00. The van der Waals surface area contributed by atoms with E-state index in [1.165, 1.54) is 9.79 Å². The largest absolute Gasteiger partial charge is 0.491 e. The molecular weight excluding hydrogens is 260 g/mol. The molecule has 2 aromatic carbocycles. The molecule has 0 saturated heterocycles. The standard InChI is InChI=1S/C15H16OS2/c1-11(2)16-12-3-7-14(8-4-12)18-15-9-5-13(17)6-10-15/h3-11,17H,1-2H3. The minimum Gasteiger partial charge on any atom is -0.491 e. The van der Waals surface area contributed by atoms with Crippen LogP contribution in [0.15, 0.2) is 63.2 Å². The topological polar surface area (TPSA) is 9.23 Å². The van der Waals surface area contributed by atoms with Gasteiger partial charge in [0.2, 0.25) is 0 Å². The second-order valence-electron chi connectivity index (χ2n) is 4.23. The van der Waals surface area contributed by atoms with Crippen LogP contribution in [0.4, 0.5) is 0 Å². The van der Waals surface area contributed by atoms with Gasteiger partial charge in [0.1, 0.15) is 5.75 Å². The van der Waals surface area contributed by atoms with Gasteiger partial charge in [-0.15, -0.1) is 12.6 Å². The summed E-state index contributed by atoms with van der Waals surface area (Å²) in [5.74, 6) is 0.917. The van der Waals surface area contributed by atoms with Crippen LogP contribution in [-0.4, -0.2) is 6.10 Å². The van der Waals surface area contributed by atoms with Gasteiger partial charge in [-0.05, 0) is 62.4 Å². The summed E-state index contributed by atoms with van der Waals surface area (Å²) in [6.07, 6.45) is 0.214. The van der Waals surface area contributed by atoms with Gasteiger partial charge in [0, 0.05) is 14.7 Å². The van der Waals surface area contributed by atoms with Crippen molar-refractivity contribution >= 4 is 24.4 Å². The fraction of sp³-hybridized carbons (Fsp3) is 0.200. The second kappa shape index (κ2) is 6.21. The average molecular weight is 276 g/mol. The predicted octanol–water partition coefficient (Wildman–Crippen LogP) is 4.91. The summed E-state index contributed by atoms with van der Waals surface area (Å²) in [4.78, 5) is 3.41. The first kappa shape index (κ1) is 13.4. The molecule has 3 heteroatoms. The van der Waals surface area contributed by atoms with E-state index in [4.69, 9.17) is 4.74 Å². The molecule has 0 spiro atoms. The molecule has 0 bridgehead atoms. The van der Waals surface area contributed by atoms with Gasteiger partial charge in [-0.2, -0.15) is 0 Å². The van der Waals surface area contributed by atoms with E-state index in [0.717, 1.165) is 10.6 Å². The van der Waals surface area contributed by atoms with Crippen molar-refractivity contribution in [2.45, 2.75) is 34.6 Å². The summed E-state index contributed by atoms with van der Waals surface area (Å²) in [5, 5.41) is 0. The van der Waals surface area contributed by atoms with E-state index in [0.29, 0.717) is 0 Å². The van der Waals surface area contributed by atoms with Crippen LogP contribution in [0.25, 0.3) is 0 Å². The van der Waals surface area contributed by atoms with Crippen molar-refractivity contribution in [3.05, 3.63) is 48.5 Å². The summed E-state index contributed by atoms with van der Waals surface area (Å²) in [6, 6.07) is 16.3. The first-order valence-corrected chi connectivity index (χ1v) is 7.13. The van der Waals surface area contributed by atoms with E-state index in [-0.39, 0.29) is 6.10 Å². The maximum atomic E-state index is 5.62. The van der Waals surface area contributed by atoms with Gasteiger partial charge >= 0.3 is 0 Å². The molecule has 0 unspecified atom stereocenters. The van der Waals surface area contributed by atoms with Crippen LogP contribution in [0.3, 0.4) is 0 Å². The molecule has 0 aliphatic carbocycles. The fourth-order valence-electron chi connectivity index (χ4n) is 1.51. The lowest BCUT2D eigenvalue weighted by Crippen LogP contribution is -2.04. The SMILES string of the molecule is CC(C)Oc1ccc(Sc2ccc(S)cc2)cc1. The molecule has 2 rings (SSSR count). The average Bonchev–Trinajstić information content (AvgIpc) is 2.34. The molecule has 2 aromatic rings. The minimum atomic E-state index is 0.214.